The number of nitrogens with zero attached hydrogens (tertiary/aromatic N) is 1. The third-order valence-corrected chi connectivity index (χ3v) is 6.14. The van der Waals surface area contributed by atoms with Gasteiger partial charge in [-0.15, -0.1) is 0 Å². The Labute approximate surface area is 123 Å². The van der Waals surface area contributed by atoms with Crippen LogP contribution in [0.5, 0.6) is 0 Å². The summed E-state index contributed by atoms with van der Waals surface area (Å²) in [6.07, 6.45) is 2.13. The van der Waals surface area contributed by atoms with Crippen molar-refractivity contribution in [1.29, 1.82) is 0 Å². The average molecular weight is 298 g/mol. The van der Waals surface area contributed by atoms with Crippen LogP contribution in [0.2, 0.25) is 0 Å². The number of hydrogen-bond acceptors (Lipinski definition) is 2. The van der Waals surface area contributed by atoms with Gasteiger partial charge in [0, 0.05) is 19.0 Å². The van der Waals surface area contributed by atoms with Gasteiger partial charge < -0.3 is 4.74 Å². The second-order valence-electron chi connectivity index (χ2n) is 5.78. The number of rotatable bonds is 1. The Morgan fingerprint density at radius 1 is 1.16 bits per heavy atom. The number of morpholine rings is 1. The maximum atomic E-state index is 6.71. The lowest BCUT2D eigenvalue weighted by atomic mass is 9.87. The van der Waals surface area contributed by atoms with Crippen molar-refractivity contribution >= 4 is 23.2 Å². The molecule has 0 N–H and O–H groups in total. The summed E-state index contributed by atoms with van der Waals surface area (Å²) >= 11 is 13.4. The van der Waals surface area contributed by atoms with Crippen LogP contribution in [0.15, 0.2) is 24.3 Å². The van der Waals surface area contributed by atoms with Gasteiger partial charge >= 0.3 is 0 Å². The first-order valence-corrected chi connectivity index (χ1v) is 7.72. The highest BCUT2D eigenvalue weighted by atomic mass is 35.5. The first-order valence-electron chi connectivity index (χ1n) is 6.96. The molecule has 2 nitrogen and oxygen atoms in total. The number of ether oxygens (including phenoxy) is 1. The molecule has 0 radical (unpaired) electrons. The number of hydrogen-bond donors (Lipinski definition) is 0. The van der Waals surface area contributed by atoms with Gasteiger partial charge in [-0.2, -0.15) is 0 Å². The molecule has 0 unspecified atom stereocenters. The summed E-state index contributed by atoms with van der Waals surface area (Å²) in [7, 11) is 0. The monoisotopic (exact) mass is 297 g/mol. The second-order valence-corrected chi connectivity index (χ2v) is 7.16. The molecule has 0 aromatic heterocycles. The van der Waals surface area contributed by atoms with Crippen molar-refractivity contribution < 1.29 is 4.74 Å². The fraction of sp³-hybridized carbons (Fsp3) is 0.600. The molecule has 2 atom stereocenters. The summed E-state index contributed by atoms with van der Waals surface area (Å²) in [5.41, 5.74) is 2.71. The van der Waals surface area contributed by atoms with Crippen LogP contribution in [-0.2, 0) is 11.2 Å². The molecule has 0 amide bonds. The summed E-state index contributed by atoms with van der Waals surface area (Å²) in [6, 6.07) is 8.60. The van der Waals surface area contributed by atoms with E-state index in [0.717, 1.165) is 39.1 Å². The largest absolute Gasteiger partial charge is 0.379 e. The van der Waals surface area contributed by atoms with Crippen LogP contribution in [0.25, 0.3) is 0 Å². The normalized spacial score (nSPS) is 36.4. The molecular weight excluding hydrogens is 281 g/mol. The van der Waals surface area contributed by atoms with Crippen LogP contribution in [-0.4, -0.2) is 41.1 Å². The number of fused-ring (bicyclic) bond motifs is 3. The molecule has 1 aromatic carbocycles. The Morgan fingerprint density at radius 2 is 1.89 bits per heavy atom. The molecule has 102 valence electrons. The van der Waals surface area contributed by atoms with E-state index in [1.165, 1.54) is 11.1 Å². The smallest absolute Gasteiger partial charge is 0.145 e. The molecule has 1 heterocycles. The van der Waals surface area contributed by atoms with Crippen LogP contribution in [0, 0.1) is 0 Å². The minimum atomic E-state index is -0.642. The molecule has 0 bridgehead atoms. The second kappa shape index (κ2) is 4.11. The van der Waals surface area contributed by atoms with Crippen molar-refractivity contribution in [2.75, 3.05) is 26.3 Å². The highest BCUT2D eigenvalue weighted by Crippen LogP contribution is 2.74. The van der Waals surface area contributed by atoms with E-state index >= 15 is 0 Å². The van der Waals surface area contributed by atoms with Gasteiger partial charge in [-0.25, -0.2) is 0 Å². The standard InChI is InChI=1S/C15H17Cl2NO/c16-15(17)13-12-4-2-1-3-11(12)5-6-14(13,15)18-7-9-19-10-8-18/h1-4,13H,5-10H2/t13-,14-/m0/s1. The molecule has 2 fully saturated rings. The van der Waals surface area contributed by atoms with Gasteiger partial charge in [0.2, 0.25) is 0 Å². The molecule has 1 saturated heterocycles. The Morgan fingerprint density at radius 3 is 2.68 bits per heavy atom. The Bertz CT molecular complexity index is 513. The van der Waals surface area contributed by atoms with Gasteiger partial charge in [0.05, 0.1) is 18.8 Å². The van der Waals surface area contributed by atoms with Crippen LogP contribution in [0.1, 0.15) is 23.5 Å². The zero-order valence-electron chi connectivity index (χ0n) is 10.7. The Kier molecular flexibility index (Phi) is 2.69. The lowest BCUT2D eigenvalue weighted by molar-refractivity contribution is 0.00416. The van der Waals surface area contributed by atoms with Gasteiger partial charge in [0.1, 0.15) is 4.33 Å². The minimum absolute atomic E-state index is 0.0613. The zero-order chi connectivity index (χ0) is 13.1. The molecule has 3 aliphatic rings. The van der Waals surface area contributed by atoms with E-state index in [0.29, 0.717) is 0 Å². The quantitative estimate of drug-likeness (QED) is 0.739. The predicted octanol–water partition coefficient (Wildman–Crippen LogP) is 2.97. The van der Waals surface area contributed by atoms with E-state index in [1.807, 2.05) is 0 Å². The molecule has 0 spiro atoms. The van der Waals surface area contributed by atoms with Gasteiger partial charge in [0.15, 0.2) is 0 Å². The van der Waals surface area contributed by atoms with Crippen molar-refractivity contribution in [3.8, 4) is 0 Å². The van der Waals surface area contributed by atoms with Crippen molar-refractivity contribution in [3.05, 3.63) is 35.4 Å². The van der Waals surface area contributed by atoms with E-state index in [2.05, 4.69) is 29.2 Å². The third-order valence-electron chi connectivity index (χ3n) is 5.05. The van der Waals surface area contributed by atoms with Crippen LogP contribution in [0.4, 0.5) is 0 Å². The van der Waals surface area contributed by atoms with Crippen LogP contribution in [0.3, 0.4) is 0 Å². The van der Waals surface area contributed by atoms with Crippen molar-refractivity contribution in [1.82, 2.24) is 4.90 Å². The molecular formula is C15H17Cl2NO. The Balaban J connectivity index is 1.75. The van der Waals surface area contributed by atoms with Crippen molar-refractivity contribution in [2.45, 2.75) is 28.6 Å². The first-order chi connectivity index (χ1) is 9.18. The maximum Gasteiger partial charge on any atom is 0.145 e. The van der Waals surface area contributed by atoms with Crippen molar-refractivity contribution in [3.63, 3.8) is 0 Å². The number of benzene rings is 1. The highest BCUT2D eigenvalue weighted by Gasteiger charge is 2.79. The molecule has 19 heavy (non-hydrogen) atoms. The molecule has 1 saturated carbocycles. The Hall–Kier alpha value is -0.280. The molecule has 4 heteroatoms. The predicted molar refractivity (Wildman–Crippen MR) is 77.1 cm³/mol. The summed E-state index contributed by atoms with van der Waals surface area (Å²) in [5.74, 6) is 0.256. The van der Waals surface area contributed by atoms with E-state index in [4.69, 9.17) is 27.9 Å². The summed E-state index contributed by atoms with van der Waals surface area (Å²) < 4.78 is 4.82. The number of alkyl halides is 2. The molecule has 4 rings (SSSR count). The highest BCUT2D eigenvalue weighted by molar-refractivity contribution is 6.53. The van der Waals surface area contributed by atoms with Gasteiger partial charge in [0.25, 0.3) is 0 Å². The van der Waals surface area contributed by atoms with E-state index in [-0.39, 0.29) is 11.5 Å². The topological polar surface area (TPSA) is 12.5 Å². The average Bonchev–Trinajstić information content (AvgIpc) is 2.98. The van der Waals surface area contributed by atoms with Gasteiger partial charge in [-0.3, -0.25) is 4.90 Å². The molecule has 1 aromatic rings. The lowest BCUT2D eigenvalue weighted by Gasteiger charge is -2.38. The van der Waals surface area contributed by atoms with Crippen LogP contribution >= 0.6 is 23.2 Å². The zero-order valence-corrected chi connectivity index (χ0v) is 12.3. The lowest BCUT2D eigenvalue weighted by Crippen LogP contribution is -2.49. The maximum absolute atomic E-state index is 6.71. The molecule has 2 aliphatic carbocycles. The van der Waals surface area contributed by atoms with Gasteiger partial charge in [-0.05, 0) is 24.0 Å². The number of aryl methyl sites for hydroxylation is 1. The number of halogens is 2. The fourth-order valence-corrected chi connectivity index (χ4v) is 5.22. The van der Waals surface area contributed by atoms with Crippen molar-refractivity contribution in [2.24, 2.45) is 0 Å². The van der Waals surface area contributed by atoms with Gasteiger partial charge in [-0.1, -0.05) is 47.5 Å². The molecule has 1 aliphatic heterocycles. The minimum Gasteiger partial charge on any atom is -0.379 e. The summed E-state index contributed by atoms with van der Waals surface area (Å²) in [6.45, 7) is 3.47. The van der Waals surface area contributed by atoms with E-state index < -0.39 is 4.33 Å². The third kappa shape index (κ3) is 1.52. The van der Waals surface area contributed by atoms with E-state index in [1.54, 1.807) is 0 Å². The van der Waals surface area contributed by atoms with E-state index in [9.17, 15) is 0 Å². The summed E-state index contributed by atoms with van der Waals surface area (Å²) in [5, 5.41) is 0. The summed E-state index contributed by atoms with van der Waals surface area (Å²) in [4.78, 5) is 2.47. The SMILES string of the molecule is ClC1(Cl)[C@H]2c3ccccc3CC[C@]21N1CCOCC1. The fourth-order valence-electron chi connectivity index (χ4n) is 4.09. The first kappa shape index (κ1) is 12.5. The van der Waals surface area contributed by atoms with Crippen LogP contribution < -0.4 is 0 Å².